The van der Waals surface area contributed by atoms with Gasteiger partial charge in [0.25, 0.3) is 0 Å². The van der Waals surface area contributed by atoms with Crippen molar-refractivity contribution in [2.45, 2.75) is 19.8 Å². The van der Waals surface area contributed by atoms with E-state index in [1.54, 1.807) is 5.01 Å². The van der Waals surface area contributed by atoms with E-state index in [2.05, 4.69) is 0 Å². The highest BCUT2D eigenvalue weighted by Gasteiger charge is 2.34. The minimum absolute atomic E-state index is 0.0664. The molecule has 1 aliphatic carbocycles. The van der Waals surface area contributed by atoms with Gasteiger partial charge in [-0.1, -0.05) is 30.3 Å². The van der Waals surface area contributed by atoms with Crippen LogP contribution in [0.1, 0.15) is 19.8 Å². The maximum absolute atomic E-state index is 12.7. The quantitative estimate of drug-likeness (QED) is 0.840. The van der Waals surface area contributed by atoms with E-state index in [1.165, 1.54) is 0 Å². The zero-order valence-electron chi connectivity index (χ0n) is 14.4. The zero-order valence-corrected chi connectivity index (χ0v) is 14.4. The van der Waals surface area contributed by atoms with Crippen molar-refractivity contribution in [3.63, 3.8) is 0 Å². The van der Waals surface area contributed by atoms with Crippen LogP contribution >= 0.6 is 0 Å². The molecule has 5 nitrogen and oxygen atoms in total. The summed E-state index contributed by atoms with van der Waals surface area (Å²) in [5, 5.41) is 7.92. The van der Waals surface area contributed by atoms with Crippen molar-refractivity contribution in [3.05, 3.63) is 58.7 Å². The molecule has 0 aromatic heterocycles. The molecule has 0 N–H and O–H groups in total. The van der Waals surface area contributed by atoms with Crippen molar-refractivity contribution < 1.29 is 14.3 Å². The van der Waals surface area contributed by atoms with Crippen molar-refractivity contribution in [1.29, 1.82) is 0 Å². The number of ether oxygens (including phenoxy) is 2. The minimum Gasteiger partial charge on any atom is -0.454 e. The average Bonchev–Trinajstić information content (AvgIpc) is 3.44. The lowest BCUT2D eigenvalue weighted by Crippen LogP contribution is -2.33. The first-order valence-corrected chi connectivity index (χ1v) is 8.81. The molecule has 1 amide bonds. The van der Waals surface area contributed by atoms with E-state index in [4.69, 9.17) is 14.6 Å². The summed E-state index contributed by atoms with van der Waals surface area (Å²) in [6.45, 7) is 2.10. The van der Waals surface area contributed by atoms with Crippen LogP contribution in [0.15, 0.2) is 53.3 Å². The Hall–Kier alpha value is -3.08. The van der Waals surface area contributed by atoms with E-state index in [0.29, 0.717) is 11.5 Å². The number of hydrogen-bond donors (Lipinski definition) is 0. The first-order valence-electron chi connectivity index (χ1n) is 8.81. The summed E-state index contributed by atoms with van der Waals surface area (Å²) in [7, 11) is 0. The second-order valence-electron chi connectivity index (χ2n) is 6.79. The molecule has 3 aliphatic rings. The lowest BCUT2D eigenvalue weighted by molar-refractivity contribution is -0.130. The Labute approximate surface area is 150 Å². The van der Waals surface area contributed by atoms with Crippen LogP contribution in [-0.4, -0.2) is 17.7 Å². The standard InChI is InChI=1S/C21H18N2O3/c1-13-7-10-16-19(22-23(13)21(24)15-8-9-15)17(14-5-3-2-4-6-14)11-18-20(16)26-12-25-18/h2-7,10-11,15H,8-9,12H2,1H3. The Morgan fingerprint density at radius 1 is 1.15 bits per heavy atom. The molecule has 0 saturated heterocycles. The number of hydrogen-bond acceptors (Lipinski definition) is 4. The van der Waals surface area contributed by atoms with Gasteiger partial charge < -0.3 is 9.47 Å². The Balaban J connectivity index is 1.80. The lowest BCUT2D eigenvalue weighted by atomic mass is 10.0. The van der Waals surface area contributed by atoms with Crippen molar-refractivity contribution in [2.24, 2.45) is 11.0 Å². The Bertz CT molecular complexity index is 1050. The zero-order chi connectivity index (χ0) is 17.7. The van der Waals surface area contributed by atoms with Crippen LogP contribution in [0.5, 0.6) is 11.5 Å². The van der Waals surface area contributed by atoms with Gasteiger partial charge in [0.05, 0.1) is 0 Å². The highest BCUT2D eigenvalue weighted by atomic mass is 16.7. The molecular formula is C21H18N2O3. The topological polar surface area (TPSA) is 51.1 Å². The first kappa shape index (κ1) is 15.2. The molecule has 2 heterocycles. The van der Waals surface area contributed by atoms with Gasteiger partial charge in [0.15, 0.2) is 11.5 Å². The molecule has 26 heavy (non-hydrogen) atoms. The first-order chi connectivity index (χ1) is 12.7. The highest BCUT2D eigenvalue weighted by Crippen LogP contribution is 2.34. The molecule has 2 aromatic rings. The van der Waals surface area contributed by atoms with E-state index in [0.717, 1.165) is 40.2 Å². The van der Waals surface area contributed by atoms with Gasteiger partial charge in [-0.05, 0) is 43.5 Å². The molecule has 0 unspecified atom stereocenters. The molecule has 5 rings (SSSR count). The van der Waals surface area contributed by atoms with Crippen LogP contribution in [0.3, 0.4) is 0 Å². The summed E-state index contributed by atoms with van der Waals surface area (Å²) >= 11 is 0. The molecule has 5 heteroatoms. The number of benzene rings is 2. The van der Waals surface area contributed by atoms with Crippen LogP contribution in [0.4, 0.5) is 0 Å². The highest BCUT2D eigenvalue weighted by molar-refractivity contribution is 5.83. The van der Waals surface area contributed by atoms with E-state index in [1.807, 2.05) is 55.5 Å². The number of fused-ring (bicyclic) bond motifs is 3. The molecule has 1 fully saturated rings. The maximum Gasteiger partial charge on any atom is 0.250 e. The molecule has 2 aromatic carbocycles. The molecule has 2 aliphatic heterocycles. The molecule has 0 bridgehead atoms. The van der Waals surface area contributed by atoms with Crippen LogP contribution in [0.2, 0.25) is 0 Å². The van der Waals surface area contributed by atoms with Gasteiger partial charge in [-0.25, -0.2) is 5.01 Å². The largest absolute Gasteiger partial charge is 0.454 e. The van der Waals surface area contributed by atoms with E-state index >= 15 is 0 Å². The maximum atomic E-state index is 12.7. The van der Waals surface area contributed by atoms with E-state index in [-0.39, 0.29) is 18.6 Å². The summed E-state index contributed by atoms with van der Waals surface area (Å²) in [5.41, 5.74) is 2.76. The summed E-state index contributed by atoms with van der Waals surface area (Å²) in [5.74, 6) is 1.56. The summed E-state index contributed by atoms with van der Waals surface area (Å²) in [6, 6.07) is 12.0. The number of rotatable bonds is 2. The van der Waals surface area contributed by atoms with Gasteiger partial charge in [-0.2, -0.15) is 5.10 Å². The Morgan fingerprint density at radius 3 is 2.73 bits per heavy atom. The molecule has 130 valence electrons. The Kier molecular flexibility index (Phi) is 3.35. The van der Waals surface area contributed by atoms with Gasteiger partial charge in [-0.15, -0.1) is 0 Å². The van der Waals surface area contributed by atoms with Crippen LogP contribution in [0, 0.1) is 5.92 Å². The molecular weight excluding hydrogens is 328 g/mol. The third kappa shape index (κ3) is 2.39. The average molecular weight is 346 g/mol. The summed E-state index contributed by atoms with van der Waals surface area (Å²) in [6.07, 6.45) is 5.78. The number of nitrogens with zero attached hydrogens (tertiary/aromatic N) is 2. The number of allylic oxidation sites excluding steroid dienone is 2. The third-order valence-corrected chi connectivity index (χ3v) is 4.92. The SMILES string of the molecule is CC1=CC=c2c3c(cc(-c4ccccc4)c2=NN1C(=O)C1CC1)OCO3. The monoisotopic (exact) mass is 346 g/mol. The van der Waals surface area contributed by atoms with Gasteiger partial charge in [0.1, 0.15) is 5.36 Å². The van der Waals surface area contributed by atoms with E-state index < -0.39 is 0 Å². The van der Waals surface area contributed by atoms with Crippen LogP contribution in [-0.2, 0) is 4.79 Å². The smallest absolute Gasteiger partial charge is 0.250 e. The van der Waals surface area contributed by atoms with Crippen molar-refractivity contribution >= 4 is 12.0 Å². The van der Waals surface area contributed by atoms with Crippen LogP contribution in [0.25, 0.3) is 17.2 Å². The molecule has 0 atom stereocenters. The number of amides is 1. The normalized spacial score (nSPS) is 17.6. The van der Waals surface area contributed by atoms with Gasteiger partial charge in [0, 0.05) is 22.4 Å². The summed E-state index contributed by atoms with van der Waals surface area (Å²) < 4.78 is 11.3. The minimum atomic E-state index is 0.0664. The molecule has 1 saturated carbocycles. The predicted molar refractivity (Wildman–Crippen MR) is 96.6 cm³/mol. The van der Waals surface area contributed by atoms with Crippen LogP contribution < -0.4 is 20.0 Å². The summed E-state index contributed by atoms with van der Waals surface area (Å²) in [4.78, 5) is 12.7. The molecule has 0 spiro atoms. The second kappa shape index (κ2) is 5.73. The third-order valence-electron chi connectivity index (χ3n) is 4.92. The fraction of sp³-hybridized carbons (Fsp3) is 0.238. The fourth-order valence-corrected chi connectivity index (χ4v) is 3.34. The number of carbonyl (C=O) groups excluding carboxylic acids is 1. The van der Waals surface area contributed by atoms with Crippen molar-refractivity contribution in [1.82, 2.24) is 5.01 Å². The predicted octanol–water partition coefficient (Wildman–Crippen LogP) is 2.55. The van der Waals surface area contributed by atoms with Gasteiger partial charge in [0.2, 0.25) is 12.7 Å². The van der Waals surface area contributed by atoms with Gasteiger partial charge >= 0.3 is 0 Å². The van der Waals surface area contributed by atoms with Gasteiger partial charge in [-0.3, -0.25) is 4.79 Å². The van der Waals surface area contributed by atoms with E-state index in [9.17, 15) is 4.79 Å². The second-order valence-corrected chi connectivity index (χ2v) is 6.79. The van der Waals surface area contributed by atoms with Crippen molar-refractivity contribution in [2.75, 3.05) is 6.79 Å². The lowest BCUT2D eigenvalue weighted by Gasteiger charge is -2.17. The number of carbonyl (C=O) groups is 1. The molecule has 0 radical (unpaired) electrons. The fourth-order valence-electron chi connectivity index (χ4n) is 3.34. The van der Waals surface area contributed by atoms with Crippen molar-refractivity contribution in [3.8, 4) is 22.6 Å². The Morgan fingerprint density at radius 2 is 1.96 bits per heavy atom.